The van der Waals surface area contributed by atoms with Crippen LogP contribution in [0.1, 0.15) is 16.7 Å². The fraction of sp³-hybridized carbons (Fsp3) is 0.182. The second kappa shape index (κ2) is 8.96. The smallest absolute Gasteiger partial charge is 0.0698 e. The van der Waals surface area contributed by atoms with Gasteiger partial charge in [0.15, 0.2) is 0 Å². The van der Waals surface area contributed by atoms with Crippen molar-refractivity contribution in [1.82, 2.24) is 0 Å². The lowest BCUT2D eigenvalue weighted by Crippen LogP contribution is -2.28. The summed E-state index contributed by atoms with van der Waals surface area (Å²) in [5.41, 5.74) is 9.52. The van der Waals surface area contributed by atoms with Crippen molar-refractivity contribution in [3.63, 3.8) is 0 Å². The second-order valence-electron chi connectivity index (χ2n) is 6.12. The summed E-state index contributed by atoms with van der Waals surface area (Å²) in [4.78, 5) is 0. The van der Waals surface area contributed by atoms with Gasteiger partial charge in [-0.2, -0.15) is 0 Å². The van der Waals surface area contributed by atoms with E-state index in [0.29, 0.717) is 16.6 Å². The zero-order chi connectivity index (χ0) is 18.4. The molecule has 3 aromatic carbocycles. The van der Waals surface area contributed by atoms with E-state index in [2.05, 4.69) is 54.6 Å². The molecule has 0 heterocycles. The normalized spacial score (nSPS) is 13.3. The Kier molecular flexibility index (Phi) is 6.66. The summed E-state index contributed by atoms with van der Waals surface area (Å²) >= 11 is 14.4. The first kappa shape index (κ1) is 19.3. The van der Waals surface area contributed by atoms with Crippen molar-refractivity contribution >= 4 is 35.0 Å². The molecule has 2 N–H and O–H groups in total. The van der Waals surface area contributed by atoms with Gasteiger partial charge in [-0.05, 0) is 35.2 Å². The van der Waals surface area contributed by atoms with Crippen LogP contribution in [0.4, 0.5) is 0 Å². The highest BCUT2D eigenvalue weighted by atomic mass is 35.5. The van der Waals surface area contributed by atoms with Gasteiger partial charge in [0.05, 0.1) is 14.8 Å². The molecule has 1 nitrogen and oxygen atoms in total. The third-order valence-corrected chi connectivity index (χ3v) is 6.68. The van der Waals surface area contributed by atoms with Gasteiger partial charge >= 0.3 is 0 Å². The van der Waals surface area contributed by atoms with Gasteiger partial charge in [0.2, 0.25) is 0 Å². The summed E-state index contributed by atoms with van der Waals surface area (Å²) < 4.78 is -0.282. The summed E-state index contributed by atoms with van der Waals surface area (Å²) in [6, 6.07) is 27.0. The minimum absolute atomic E-state index is 0.282. The average Bonchev–Trinajstić information content (AvgIpc) is 2.69. The molecule has 1 unspecified atom stereocenters. The van der Waals surface area contributed by atoms with Gasteiger partial charge in [-0.1, -0.05) is 89.9 Å². The first-order chi connectivity index (χ1) is 12.7. The molecule has 0 fully saturated rings. The molecule has 0 spiro atoms. The molecule has 0 radical (unpaired) electrons. The van der Waals surface area contributed by atoms with Gasteiger partial charge in [0.25, 0.3) is 0 Å². The van der Waals surface area contributed by atoms with E-state index in [4.69, 9.17) is 28.9 Å². The molecule has 0 aromatic heterocycles. The van der Waals surface area contributed by atoms with Crippen LogP contribution in [0, 0.1) is 0 Å². The zero-order valence-corrected chi connectivity index (χ0v) is 16.7. The molecule has 0 aliphatic carbocycles. The predicted molar refractivity (Wildman–Crippen MR) is 115 cm³/mol. The summed E-state index contributed by atoms with van der Waals surface area (Å²) in [5.74, 6) is 0.849. The number of rotatable bonds is 7. The Morgan fingerprint density at radius 2 is 1.42 bits per heavy atom. The first-order valence-electron chi connectivity index (χ1n) is 8.55. The minimum Gasteiger partial charge on any atom is -0.330 e. The van der Waals surface area contributed by atoms with E-state index in [1.807, 2.05) is 36.0 Å². The van der Waals surface area contributed by atoms with Crippen LogP contribution in [0.2, 0.25) is 10.0 Å². The van der Waals surface area contributed by atoms with E-state index in [0.717, 1.165) is 17.7 Å². The monoisotopic (exact) mass is 401 g/mol. The van der Waals surface area contributed by atoms with E-state index in [-0.39, 0.29) is 4.75 Å². The van der Waals surface area contributed by atoms with Gasteiger partial charge < -0.3 is 5.73 Å². The molecular weight excluding hydrogens is 381 g/mol. The van der Waals surface area contributed by atoms with Gasteiger partial charge in [0.1, 0.15) is 0 Å². The van der Waals surface area contributed by atoms with Crippen LogP contribution in [0.15, 0.2) is 78.9 Å². The SMILES string of the molecule is NCCSC(Cc1ccccc1)(c1ccccc1)c1ccc(Cl)c(Cl)c1. The van der Waals surface area contributed by atoms with Crippen molar-refractivity contribution in [3.05, 3.63) is 106 Å². The van der Waals surface area contributed by atoms with Crippen molar-refractivity contribution in [1.29, 1.82) is 0 Å². The maximum absolute atomic E-state index is 6.38. The molecule has 0 bridgehead atoms. The number of nitrogens with two attached hydrogens (primary N) is 1. The lowest BCUT2D eigenvalue weighted by atomic mass is 9.85. The Morgan fingerprint density at radius 3 is 2.04 bits per heavy atom. The minimum atomic E-state index is -0.282. The average molecular weight is 402 g/mol. The van der Waals surface area contributed by atoms with Crippen LogP contribution in [-0.2, 0) is 11.2 Å². The van der Waals surface area contributed by atoms with E-state index in [9.17, 15) is 0 Å². The van der Waals surface area contributed by atoms with E-state index in [1.54, 1.807) is 0 Å². The zero-order valence-electron chi connectivity index (χ0n) is 14.4. The molecule has 0 amide bonds. The molecule has 3 rings (SSSR count). The Bertz CT molecular complexity index is 839. The van der Waals surface area contributed by atoms with Crippen LogP contribution < -0.4 is 5.73 Å². The number of benzene rings is 3. The molecule has 0 saturated carbocycles. The van der Waals surface area contributed by atoms with Crippen LogP contribution in [0.3, 0.4) is 0 Å². The third-order valence-electron chi connectivity index (χ3n) is 4.39. The quantitative estimate of drug-likeness (QED) is 0.511. The van der Waals surface area contributed by atoms with Crippen LogP contribution in [-0.4, -0.2) is 12.3 Å². The molecule has 4 heteroatoms. The second-order valence-corrected chi connectivity index (χ2v) is 8.33. The molecule has 134 valence electrons. The van der Waals surface area contributed by atoms with Crippen molar-refractivity contribution in [2.24, 2.45) is 5.73 Å². The van der Waals surface area contributed by atoms with Crippen LogP contribution in [0.5, 0.6) is 0 Å². The highest BCUT2D eigenvalue weighted by molar-refractivity contribution is 8.00. The summed E-state index contributed by atoms with van der Waals surface area (Å²) in [6.45, 7) is 0.620. The van der Waals surface area contributed by atoms with E-state index < -0.39 is 0 Å². The first-order valence-corrected chi connectivity index (χ1v) is 10.3. The Labute approximate surface area is 169 Å². The molecule has 0 saturated heterocycles. The maximum atomic E-state index is 6.38. The van der Waals surface area contributed by atoms with Gasteiger partial charge in [-0.25, -0.2) is 0 Å². The predicted octanol–water partition coefficient (Wildman–Crippen LogP) is 6.17. The van der Waals surface area contributed by atoms with Crippen LogP contribution in [0.25, 0.3) is 0 Å². The molecule has 0 aliphatic rings. The number of hydrogen-bond acceptors (Lipinski definition) is 2. The number of thioether (sulfide) groups is 1. The summed E-state index contributed by atoms with van der Waals surface area (Å²) in [6.07, 6.45) is 0.848. The van der Waals surface area contributed by atoms with Crippen LogP contribution >= 0.6 is 35.0 Å². The van der Waals surface area contributed by atoms with Crippen molar-refractivity contribution in [2.75, 3.05) is 12.3 Å². The fourth-order valence-corrected chi connectivity index (χ4v) is 4.79. The third kappa shape index (κ3) is 4.27. The number of halogens is 2. The Balaban J connectivity index is 2.18. The van der Waals surface area contributed by atoms with Gasteiger partial charge in [-0.3, -0.25) is 0 Å². The van der Waals surface area contributed by atoms with E-state index in [1.165, 1.54) is 11.1 Å². The molecule has 3 aromatic rings. The van der Waals surface area contributed by atoms with Crippen molar-refractivity contribution < 1.29 is 0 Å². The highest BCUT2D eigenvalue weighted by Gasteiger charge is 2.35. The summed E-state index contributed by atoms with van der Waals surface area (Å²) in [5, 5.41) is 1.15. The lowest BCUT2D eigenvalue weighted by molar-refractivity contribution is 0.734. The molecule has 1 atom stereocenters. The van der Waals surface area contributed by atoms with Gasteiger partial charge in [-0.15, -0.1) is 11.8 Å². The standard InChI is InChI=1S/C22H21Cl2NS/c23-20-12-11-19(15-21(20)24)22(26-14-13-25,18-9-5-2-6-10-18)16-17-7-3-1-4-8-17/h1-12,15H,13-14,16,25H2. The van der Waals surface area contributed by atoms with Crippen molar-refractivity contribution in [3.8, 4) is 0 Å². The largest absolute Gasteiger partial charge is 0.330 e. The van der Waals surface area contributed by atoms with Gasteiger partial charge in [0, 0.05) is 12.3 Å². The Morgan fingerprint density at radius 1 is 0.769 bits per heavy atom. The number of hydrogen-bond donors (Lipinski definition) is 1. The molecular formula is C22H21Cl2NS. The fourth-order valence-electron chi connectivity index (χ4n) is 3.16. The molecule has 0 aliphatic heterocycles. The maximum Gasteiger partial charge on any atom is 0.0698 e. The lowest BCUT2D eigenvalue weighted by Gasteiger charge is -2.35. The summed E-state index contributed by atoms with van der Waals surface area (Å²) in [7, 11) is 0. The topological polar surface area (TPSA) is 26.0 Å². The molecule has 26 heavy (non-hydrogen) atoms. The Hall–Kier alpha value is -1.45. The van der Waals surface area contributed by atoms with E-state index >= 15 is 0 Å². The highest BCUT2D eigenvalue weighted by Crippen LogP contribution is 2.46. The van der Waals surface area contributed by atoms with Crippen molar-refractivity contribution in [2.45, 2.75) is 11.2 Å².